The molecule has 0 rings (SSSR count). The van der Waals surface area contributed by atoms with Gasteiger partial charge in [0.05, 0.1) is 0 Å². The minimum atomic E-state index is -0.623. The van der Waals surface area contributed by atoms with E-state index in [0.29, 0.717) is 12.0 Å². The molecule has 2 heteroatoms. The van der Waals surface area contributed by atoms with Gasteiger partial charge >= 0.3 is 0 Å². The first kappa shape index (κ1) is 9.90. The molecule has 0 atom stereocenters. The van der Waals surface area contributed by atoms with Crippen LogP contribution in [-0.2, 0) is 0 Å². The maximum Gasteiger partial charge on any atom is 0.131 e. The quantitative estimate of drug-likeness (QED) is 0.435. The minimum Gasteiger partial charge on any atom is -0.246 e. The van der Waals surface area contributed by atoms with E-state index in [2.05, 4.69) is 0 Å². The van der Waals surface area contributed by atoms with Crippen LogP contribution in [0.2, 0.25) is 0 Å². The third-order valence-electron chi connectivity index (χ3n) is 1.19. The van der Waals surface area contributed by atoms with Crippen molar-refractivity contribution in [2.45, 2.75) is 13.3 Å². The molecule has 0 saturated carbocycles. The second-order valence-corrected chi connectivity index (χ2v) is 1.99. The smallest absolute Gasteiger partial charge is 0.131 e. The van der Waals surface area contributed by atoms with Crippen LogP contribution in [-0.4, -0.2) is 6.67 Å². The molecule has 60 valence electrons. The predicted molar refractivity (Wildman–Crippen MR) is 42.4 cm³/mol. The number of halogens is 2. The van der Waals surface area contributed by atoms with Gasteiger partial charge in [-0.15, -0.1) is 6.42 Å². The number of hydrogen-bond acceptors (Lipinski definition) is 0. The molecular formula is C9H10F2. The molecule has 0 aromatic rings. The molecule has 0 aliphatic rings. The zero-order valence-corrected chi connectivity index (χ0v) is 6.40. The first-order valence-electron chi connectivity index (χ1n) is 3.31. The molecule has 0 fully saturated rings. The van der Waals surface area contributed by atoms with Crippen LogP contribution < -0.4 is 0 Å². The monoisotopic (exact) mass is 156 g/mol. The van der Waals surface area contributed by atoms with Gasteiger partial charge in [-0.25, -0.2) is 8.78 Å². The molecule has 0 aliphatic carbocycles. The van der Waals surface area contributed by atoms with Gasteiger partial charge in [0.1, 0.15) is 12.5 Å². The van der Waals surface area contributed by atoms with E-state index in [1.807, 2.05) is 5.92 Å². The van der Waals surface area contributed by atoms with Gasteiger partial charge in [-0.1, -0.05) is 12.8 Å². The minimum absolute atomic E-state index is 0.411. The Morgan fingerprint density at radius 1 is 1.64 bits per heavy atom. The van der Waals surface area contributed by atoms with E-state index in [9.17, 15) is 8.78 Å². The average molecular weight is 156 g/mol. The summed E-state index contributed by atoms with van der Waals surface area (Å²) in [6, 6.07) is 0. The molecular weight excluding hydrogens is 146 g/mol. The van der Waals surface area contributed by atoms with E-state index < -0.39 is 12.5 Å². The van der Waals surface area contributed by atoms with Crippen LogP contribution in [0.3, 0.4) is 0 Å². The van der Waals surface area contributed by atoms with Gasteiger partial charge in [-0.05, 0) is 18.1 Å². The first-order chi connectivity index (χ1) is 5.24. The van der Waals surface area contributed by atoms with Crippen LogP contribution in [0.4, 0.5) is 8.78 Å². The summed E-state index contributed by atoms with van der Waals surface area (Å²) in [5.74, 6) is 1.45. The van der Waals surface area contributed by atoms with Gasteiger partial charge in [-0.2, -0.15) is 0 Å². The predicted octanol–water partition coefficient (Wildman–Crippen LogP) is 2.78. The first-order valence-corrected chi connectivity index (χ1v) is 3.31. The number of rotatable bonds is 3. The van der Waals surface area contributed by atoms with Gasteiger partial charge in [0, 0.05) is 6.08 Å². The van der Waals surface area contributed by atoms with Crippen molar-refractivity contribution in [1.82, 2.24) is 0 Å². The number of allylic oxidation sites excluding steroid dienone is 4. The lowest BCUT2D eigenvalue weighted by Gasteiger charge is -1.94. The highest BCUT2D eigenvalue weighted by molar-refractivity contribution is 5.24. The maximum absolute atomic E-state index is 12.5. The van der Waals surface area contributed by atoms with E-state index in [-0.39, 0.29) is 0 Å². The summed E-state index contributed by atoms with van der Waals surface area (Å²) in [6.07, 6.45) is 7.39. The Kier molecular flexibility index (Phi) is 5.10. The van der Waals surface area contributed by atoms with Crippen LogP contribution in [0, 0.1) is 12.3 Å². The molecule has 0 unspecified atom stereocenters. The van der Waals surface area contributed by atoms with Gasteiger partial charge in [0.15, 0.2) is 0 Å². The fraction of sp³-hybridized carbons (Fsp3) is 0.333. The van der Waals surface area contributed by atoms with Crippen molar-refractivity contribution >= 4 is 0 Å². The highest BCUT2D eigenvalue weighted by atomic mass is 19.1. The Balaban J connectivity index is 4.29. The lowest BCUT2D eigenvalue weighted by Crippen LogP contribution is -1.82. The molecule has 0 aliphatic heterocycles. The molecule has 0 spiro atoms. The topological polar surface area (TPSA) is 0 Å². The second kappa shape index (κ2) is 5.67. The summed E-state index contributed by atoms with van der Waals surface area (Å²) in [7, 11) is 0. The molecule has 0 saturated heterocycles. The summed E-state index contributed by atoms with van der Waals surface area (Å²) < 4.78 is 24.4. The number of terminal acetylenes is 1. The summed E-state index contributed by atoms with van der Waals surface area (Å²) in [6.45, 7) is 1.14. The van der Waals surface area contributed by atoms with Crippen molar-refractivity contribution in [3.8, 4) is 12.3 Å². The van der Waals surface area contributed by atoms with Crippen LogP contribution in [0.5, 0.6) is 0 Å². The largest absolute Gasteiger partial charge is 0.246 e. The van der Waals surface area contributed by atoms with E-state index >= 15 is 0 Å². The Bertz CT molecular complexity index is 200. The number of hydrogen-bond donors (Lipinski definition) is 0. The van der Waals surface area contributed by atoms with Gasteiger partial charge in [0.2, 0.25) is 0 Å². The average Bonchev–Trinajstić information content (AvgIpc) is 2.01. The molecule has 0 nitrogen and oxygen atoms in total. The highest BCUT2D eigenvalue weighted by Crippen LogP contribution is 2.07. The summed E-state index contributed by atoms with van der Waals surface area (Å²) in [4.78, 5) is 0. The van der Waals surface area contributed by atoms with Crippen LogP contribution in [0.1, 0.15) is 13.3 Å². The highest BCUT2D eigenvalue weighted by Gasteiger charge is 1.94. The van der Waals surface area contributed by atoms with Crippen LogP contribution in [0.25, 0.3) is 0 Å². The third kappa shape index (κ3) is 4.32. The summed E-state index contributed by atoms with van der Waals surface area (Å²) in [5, 5.41) is 0. The van der Waals surface area contributed by atoms with Crippen LogP contribution >= 0.6 is 0 Å². The second-order valence-electron chi connectivity index (χ2n) is 1.99. The van der Waals surface area contributed by atoms with Crippen molar-refractivity contribution in [2.75, 3.05) is 6.67 Å². The lowest BCUT2D eigenvalue weighted by molar-refractivity contribution is 0.532. The maximum atomic E-state index is 12.5. The van der Waals surface area contributed by atoms with Gasteiger partial charge < -0.3 is 0 Å². The summed E-state index contributed by atoms with van der Waals surface area (Å²) in [5.41, 5.74) is 0.411. The van der Waals surface area contributed by atoms with Crippen LogP contribution in [0.15, 0.2) is 23.6 Å². The Labute approximate surface area is 65.6 Å². The van der Waals surface area contributed by atoms with Crippen molar-refractivity contribution in [3.63, 3.8) is 0 Å². The lowest BCUT2D eigenvalue weighted by atomic mass is 10.2. The van der Waals surface area contributed by atoms with E-state index in [1.165, 1.54) is 0 Å². The number of alkyl halides is 1. The zero-order valence-electron chi connectivity index (χ0n) is 6.40. The molecule has 0 radical (unpaired) electrons. The fourth-order valence-corrected chi connectivity index (χ4v) is 0.551. The Hall–Kier alpha value is -1.10. The van der Waals surface area contributed by atoms with E-state index in [1.54, 1.807) is 6.92 Å². The van der Waals surface area contributed by atoms with Crippen molar-refractivity contribution in [2.24, 2.45) is 0 Å². The standard InChI is InChI=1S/C9H10F2/c1-3-5-9(11)6-8(4-2)7-10/h1,5-6H,4,7H2,2H3. The molecule has 0 N–H and O–H groups in total. The molecule has 0 aromatic carbocycles. The molecule has 0 amide bonds. The fourth-order valence-electron chi connectivity index (χ4n) is 0.551. The van der Waals surface area contributed by atoms with Crippen molar-refractivity contribution < 1.29 is 8.78 Å². The molecule has 0 bridgehead atoms. The Morgan fingerprint density at radius 3 is 2.64 bits per heavy atom. The van der Waals surface area contributed by atoms with E-state index in [0.717, 1.165) is 12.2 Å². The van der Waals surface area contributed by atoms with Gasteiger partial charge in [0.25, 0.3) is 0 Å². The Morgan fingerprint density at radius 2 is 2.27 bits per heavy atom. The third-order valence-corrected chi connectivity index (χ3v) is 1.19. The molecule has 0 heterocycles. The SMILES string of the molecule is C#CC=C(F)C=C(CC)CF. The molecule has 0 aromatic heterocycles. The van der Waals surface area contributed by atoms with Crippen molar-refractivity contribution in [3.05, 3.63) is 23.6 Å². The summed E-state index contributed by atoms with van der Waals surface area (Å²) >= 11 is 0. The normalized spacial score (nSPS) is 12.9. The zero-order chi connectivity index (χ0) is 8.69. The van der Waals surface area contributed by atoms with Gasteiger partial charge in [-0.3, -0.25) is 0 Å². The van der Waals surface area contributed by atoms with Crippen molar-refractivity contribution in [1.29, 1.82) is 0 Å². The molecule has 11 heavy (non-hydrogen) atoms. The van der Waals surface area contributed by atoms with E-state index in [4.69, 9.17) is 6.42 Å².